The van der Waals surface area contributed by atoms with Crippen LogP contribution in [0.4, 0.5) is 4.39 Å². The van der Waals surface area contributed by atoms with Crippen molar-refractivity contribution in [2.24, 2.45) is 0 Å². The lowest BCUT2D eigenvalue weighted by molar-refractivity contribution is 0.0879. The van der Waals surface area contributed by atoms with Gasteiger partial charge in [-0.15, -0.1) is 0 Å². The van der Waals surface area contributed by atoms with Crippen LogP contribution in [0.2, 0.25) is 0 Å². The monoisotopic (exact) mass is 179 g/mol. The van der Waals surface area contributed by atoms with E-state index in [9.17, 15) is 14.0 Å². The number of halogens is 1. The SMILES string of the molecule is O=C1NC(=O)c2cc(CF)ccc21. The van der Waals surface area contributed by atoms with Crippen molar-refractivity contribution in [2.45, 2.75) is 6.67 Å². The van der Waals surface area contributed by atoms with Crippen molar-refractivity contribution in [1.29, 1.82) is 0 Å². The third-order valence-electron chi connectivity index (χ3n) is 1.95. The zero-order valence-corrected chi connectivity index (χ0v) is 6.63. The van der Waals surface area contributed by atoms with E-state index in [2.05, 4.69) is 5.32 Å². The second-order valence-corrected chi connectivity index (χ2v) is 2.80. The molecule has 13 heavy (non-hydrogen) atoms. The fourth-order valence-electron chi connectivity index (χ4n) is 1.30. The highest BCUT2D eigenvalue weighted by Crippen LogP contribution is 2.17. The standard InChI is InChI=1S/C9H6FNO2/c10-4-5-1-2-6-7(3-5)9(13)11-8(6)12/h1-3H,4H2,(H,11,12,13). The second-order valence-electron chi connectivity index (χ2n) is 2.80. The number of alkyl halides is 1. The Morgan fingerprint density at radius 1 is 1.15 bits per heavy atom. The topological polar surface area (TPSA) is 46.2 Å². The second kappa shape index (κ2) is 2.65. The fraction of sp³-hybridized carbons (Fsp3) is 0.111. The molecule has 1 heterocycles. The highest BCUT2D eigenvalue weighted by atomic mass is 19.1. The third kappa shape index (κ3) is 1.11. The van der Waals surface area contributed by atoms with Gasteiger partial charge in [0, 0.05) is 0 Å². The number of carbonyl (C=O) groups is 2. The molecule has 2 amide bonds. The van der Waals surface area contributed by atoms with Crippen molar-refractivity contribution in [3.05, 3.63) is 34.9 Å². The quantitative estimate of drug-likeness (QED) is 0.654. The molecular weight excluding hydrogens is 173 g/mol. The number of hydrogen-bond acceptors (Lipinski definition) is 2. The Hall–Kier alpha value is -1.71. The maximum Gasteiger partial charge on any atom is 0.258 e. The molecule has 0 fully saturated rings. The molecule has 0 bridgehead atoms. The van der Waals surface area contributed by atoms with E-state index in [0.29, 0.717) is 11.1 Å². The summed E-state index contributed by atoms with van der Waals surface area (Å²) in [6.45, 7) is -0.630. The van der Waals surface area contributed by atoms with Crippen LogP contribution in [0.25, 0.3) is 0 Å². The lowest BCUT2D eigenvalue weighted by Crippen LogP contribution is -2.19. The van der Waals surface area contributed by atoms with Gasteiger partial charge in [-0.25, -0.2) is 4.39 Å². The molecule has 4 heteroatoms. The average molecular weight is 179 g/mol. The van der Waals surface area contributed by atoms with Crippen LogP contribution in [-0.4, -0.2) is 11.8 Å². The zero-order chi connectivity index (χ0) is 9.42. The number of hydrogen-bond donors (Lipinski definition) is 1. The molecule has 1 aliphatic rings. The smallest absolute Gasteiger partial charge is 0.258 e. The summed E-state index contributed by atoms with van der Waals surface area (Å²) in [5, 5.41) is 2.13. The molecule has 3 nitrogen and oxygen atoms in total. The zero-order valence-electron chi connectivity index (χ0n) is 6.63. The molecule has 0 spiro atoms. The van der Waals surface area contributed by atoms with Gasteiger partial charge in [0.2, 0.25) is 0 Å². The van der Waals surface area contributed by atoms with Gasteiger partial charge in [0.05, 0.1) is 11.1 Å². The first-order valence-corrected chi connectivity index (χ1v) is 3.77. The Labute approximate surface area is 73.6 Å². The van der Waals surface area contributed by atoms with Gasteiger partial charge >= 0.3 is 0 Å². The van der Waals surface area contributed by atoms with Gasteiger partial charge in [-0.2, -0.15) is 0 Å². The Kier molecular flexibility index (Phi) is 1.62. The molecule has 2 rings (SSSR count). The van der Waals surface area contributed by atoms with Crippen molar-refractivity contribution in [1.82, 2.24) is 5.32 Å². The lowest BCUT2D eigenvalue weighted by atomic mass is 10.1. The number of amides is 2. The molecule has 0 unspecified atom stereocenters. The highest BCUT2D eigenvalue weighted by Gasteiger charge is 2.26. The van der Waals surface area contributed by atoms with Crippen molar-refractivity contribution in [2.75, 3.05) is 0 Å². The molecule has 0 atom stereocenters. The molecular formula is C9H6FNO2. The van der Waals surface area contributed by atoms with Gasteiger partial charge in [0.15, 0.2) is 0 Å². The normalized spacial score (nSPS) is 14.2. The van der Waals surface area contributed by atoms with E-state index in [-0.39, 0.29) is 5.56 Å². The van der Waals surface area contributed by atoms with E-state index in [1.165, 1.54) is 18.2 Å². The summed E-state index contributed by atoms with van der Waals surface area (Å²) in [5.74, 6) is -0.860. The maximum absolute atomic E-state index is 12.2. The van der Waals surface area contributed by atoms with Crippen LogP contribution in [0.15, 0.2) is 18.2 Å². The first kappa shape index (κ1) is 7.91. The Morgan fingerprint density at radius 3 is 2.54 bits per heavy atom. The fourth-order valence-corrected chi connectivity index (χ4v) is 1.30. The van der Waals surface area contributed by atoms with Crippen molar-refractivity contribution in [3.8, 4) is 0 Å². The minimum absolute atomic E-state index is 0.264. The van der Waals surface area contributed by atoms with Gasteiger partial charge < -0.3 is 0 Å². The first-order valence-electron chi connectivity index (χ1n) is 3.77. The number of carbonyl (C=O) groups excluding carboxylic acids is 2. The summed E-state index contributed by atoms with van der Waals surface area (Å²) in [6.07, 6.45) is 0. The molecule has 1 aromatic rings. The number of rotatable bonds is 1. The van der Waals surface area contributed by atoms with Crippen LogP contribution in [0.3, 0.4) is 0 Å². The van der Waals surface area contributed by atoms with Crippen molar-refractivity contribution in [3.63, 3.8) is 0 Å². The summed E-state index contributed by atoms with van der Waals surface area (Å²) in [7, 11) is 0. The van der Waals surface area contributed by atoms with E-state index >= 15 is 0 Å². The number of imide groups is 1. The van der Waals surface area contributed by atoms with Crippen LogP contribution < -0.4 is 5.32 Å². The summed E-state index contributed by atoms with van der Waals surface area (Å²) >= 11 is 0. The number of benzene rings is 1. The molecule has 0 saturated carbocycles. The molecule has 1 N–H and O–H groups in total. The minimum Gasteiger partial charge on any atom is -0.288 e. The molecule has 0 aromatic heterocycles. The van der Waals surface area contributed by atoms with E-state index in [0.717, 1.165) is 0 Å². The van der Waals surface area contributed by atoms with Crippen LogP contribution in [-0.2, 0) is 6.67 Å². The maximum atomic E-state index is 12.2. The predicted molar refractivity (Wildman–Crippen MR) is 43.1 cm³/mol. The molecule has 0 saturated heterocycles. The first-order chi connectivity index (χ1) is 6.22. The average Bonchev–Trinajstić information content (AvgIpc) is 2.42. The summed E-state index contributed by atoms with van der Waals surface area (Å²) in [5.41, 5.74) is 0.992. The van der Waals surface area contributed by atoms with Gasteiger partial charge in [0.25, 0.3) is 11.8 Å². The summed E-state index contributed by atoms with van der Waals surface area (Å²) in [4.78, 5) is 22.1. The lowest BCUT2D eigenvalue weighted by Gasteiger charge is -1.96. The molecule has 0 aliphatic carbocycles. The molecule has 1 aliphatic heterocycles. The Bertz CT molecular complexity index is 401. The van der Waals surface area contributed by atoms with Gasteiger partial charge in [-0.3, -0.25) is 14.9 Å². The number of fused-ring (bicyclic) bond motifs is 1. The highest BCUT2D eigenvalue weighted by molar-refractivity contribution is 6.21. The van der Waals surface area contributed by atoms with Gasteiger partial charge in [-0.05, 0) is 17.7 Å². The van der Waals surface area contributed by atoms with E-state index in [1.807, 2.05) is 0 Å². The van der Waals surface area contributed by atoms with E-state index in [4.69, 9.17) is 0 Å². The Morgan fingerprint density at radius 2 is 1.85 bits per heavy atom. The Balaban J connectivity index is 2.58. The van der Waals surface area contributed by atoms with Crippen LogP contribution >= 0.6 is 0 Å². The van der Waals surface area contributed by atoms with E-state index < -0.39 is 18.5 Å². The van der Waals surface area contributed by atoms with Crippen LogP contribution in [0.1, 0.15) is 26.3 Å². The van der Waals surface area contributed by atoms with Gasteiger partial charge in [-0.1, -0.05) is 6.07 Å². The summed E-state index contributed by atoms with van der Waals surface area (Å²) < 4.78 is 12.2. The van der Waals surface area contributed by atoms with Crippen molar-refractivity contribution < 1.29 is 14.0 Å². The summed E-state index contributed by atoms with van der Waals surface area (Å²) in [6, 6.07) is 4.36. The number of nitrogens with one attached hydrogen (secondary N) is 1. The van der Waals surface area contributed by atoms with E-state index in [1.54, 1.807) is 0 Å². The molecule has 0 radical (unpaired) electrons. The molecule has 66 valence electrons. The van der Waals surface area contributed by atoms with Crippen molar-refractivity contribution >= 4 is 11.8 Å². The molecule has 1 aromatic carbocycles. The minimum atomic E-state index is -0.630. The largest absolute Gasteiger partial charge is 0.288 e. The van der Waals surface area contributed by atoms with Crippen LogP contribution in [0, 0.1) is 0 Å². The predicted octanol–water partition coefficient (Wildman–Crippen LogP) is 1.04. The van der Waals surface area contributed by atoms with Crippen LogP contribution in [0.5, 0.6) is 0 Å². The third-order valence-corrected chi connectivity index (χ3v) is 1.95. The van der Waals surface area contributed by atoms with Gasteiger partial charge in [0.1, 0.15) is 6.67 Å².